The highest BCUT2D eigenvalue weighted by atomic mass is 32.2. The van der Waals surface area contributed by atoms with Gasteiger partial charge in [0.05, 0.1) is 6.04 Å². The average molecular weight is 287 g/mol. The van der Waals surface area contributed by atoms with Crippen molar-refractivity contribution in [2.75, 3.05) is 0 Å². The Morgan fingerprint density at radius 3 is 2.63 bits per heavy atom. The van der Waals surface area contributed by atoms with Gasteiger partial charge in [0.2, 0.25) is 0 Å². The summed E-state index contributed by atoms with van der Waals surface area (Å²) in [6.45, 7) is 5.69. The minimum Gasteiger partial charge on any atom is -0.598 e. The molecule has 1 aliphatic rings. The molecule has 0 spiro atoms. The smallest absolute Gasteiger partial charge is 0.136 e. The number of hydrogen-bond acceptors (Lipinski definition) is 2. The molecule has 1 unspecified atom stereocenters. The zero-order chi connectivity index (χ0) is 14.2. The molecule has 106 valence electrons. The Morgan fingerprint density at radius 2 is 2.00 bits per heavy atom. The summed E-state index contributed by atoms with van der Waals surface area (Å²) in [4.78, 5) is 0. The van der Waals surface area contributed by atoms with E-state index in [-0.39, 0.29) is 10.8 Å². The van der Waals surface area contributed by atoms with Gasteiger partial charge in [0.15, 0.2) is 0 Å². The van der Waals surface area contributed by atoms with Gasteiger partial charge in [0, 0.05) is 17.4 Å². The summed E-state index contributed by atoms with van der Waals surface area (Å²) in [6, 6.07) is 2.32. The van der Waals surface area contributed by atoms with Crippen LogP contribution in [0.4, 0.5) is 8.78 Å². The van der Waals surface area contributed by atoms with Gasteiger partial charge >= 0.3 is 0 Å². The first kappa shape index (κ1) is 14.8. The van der Waals surface area contributed by atoms with Crippen molar-refractivity contribution in [1.29, 1.82) is 0 Å². The van der Waals surface area contributed by atoms with E-state index in [4.69, 9.17) is 0 Å². The molecular formula is C14H19F2NOS. The lowest BCUT2D eigenvalue weighted by Gasteiger charge is -2.30. The summed E-state index contributed by atoms with van der Waals surface area (Å²) in [5.41, 5.74) is 1.29. The second-order valence-electron chi connectivity index (χ2n) is 5.96. The van der Waals surface area contributed by atoms with Gasteiger partial charge in [-0.3, -0.25) is 0 Å². The van der Waals surface area contributed by atoms with E-state index in [1.54, 1.807) is 0 Å². The highest BCUT2D eigenvalue weighted by Gasteiger charge is 2.31. The van der Waals surface area contributed by atoms with Crippen LogP contribution in [0.2, 0.25) is 0 Å². The van der Waals surface area contributed by atoms with Gasteiger partial charge in [-0.25, -0.2) is 8.78 Å². The average Bonchev–Trinajstić information content (AvgIpc) is 2.26. The van der Waals surface area contributed by atoms with E-state index in [0.29, 0.717) is 24.0 Å². The predicted octanol–water partition coefficient (Wildman–Crippen LogP) is 2.87. The zero-order valence-electron chi connectivity index (χ0n) is 11.4. The quantitative estimate of drug-likeness (QED) is 0.849. The first-order valence-corrected chi connectivity index (χ1v) is 7.57. The van der Waals surface area contributed by atoms with Crippen molar-refractivity contribution in [2.45, 2.75) is 50.8 Å². The molecule has 1 aromatic carbocycles. The van der Waals surface area contributed by atoms with Crippen molar-refractivity contribution in [3.63, 3.8) is 0 Å². The van der Waals surface area contributed by atoms with Crippen LogP contribution in [0.15, 0.2) is 12.1 Å². The lowest BCUT2D eigenvalue weighted by molar-refractivity contribution is 0.475. The van der Waals surface area contributed by atoms with Gasteiger partial charge in [0.25, 0.3) is 0 Å². The number of hydrogen-bond donors (Lipinski definition) is 1. The Bertz CT molecular complexity index is 473. The van der Waals surface area contributed by atoms with Crippen LogP contribution in [0.25, 0.3) is 0 Å². The number of fused-ring (bicyclic) bond motifs is 1. The molecule has 0 amide bonds. The molecule has 1 N–H and O–H groups in total. The first-order chi connectivity index (χ1) is 8.77. The Balaban J connectivity index is 2.10. The summed E-state index contributed by atoms with van der Waals surface area (Å²) >= 11 is -1.16. The lowest BCUT2D eigenvalue weighted by Crippen LogP contribution is -2.46. The highest BCUT2D eigenvalue weighted by molar-refractivity contribution is 7.90. The van der Waals surface area contributed by atoms with E-state index < -0.39 is 23.0 Å². The Labute approximate surface area is 115 Å². The van der Waals surface area contributed by atoms with E-state index in [1.807, 2.05) is 20.8 Å². The van der Waals surface area contributed by atoms with Crippen LogP contribution in [0.3, 0.4) is 0 Å². The maximum atomic E-state index is 13.6. The van der Waals surface area contributed by atoms with Crippen LogP contribution in [0, 0.1) is 11.6 Å². The molecule has 0 aliphatic heterocycles. The highest BCUT2D eigenvalue weighted by Crippen LogP contribution is 2.26. The summed E-state index contributed by atoms with van der Waals surface area (Å²) in [6.07, 6.45) is 1.80. The van der Waals surface area contributed by atoms with E-state index in [1.165, 1.54) is 6.07 Å². The van der Waals surface area contributed by atoms with Crippen LogP contribution in [0.5, 0.6) is 0 Å². The molecule has 2 rings (SSSR count). The monoisotopic (exact) mass is 287 g/mol. The van der Waals surface area contributed by atoms with Crippen LogP contribution < -0.4 is 4.72 Å². The fourth-order valence-corrected chi connectivity index (χ4v) is 3.09. The zero-order valence-corrected chi connectivity index (χ0v) is 12.2. The van der Waals surface area contributed by atoms with Crippen molar-refractivity contribution in [3.05, 3.63) is 34.9 Å². The molecule has 0 radical (unpaired) electrons. The minimum atomic E-state index is -1.16. The molecule has 0 fully saturated rings. The standard InChI is InChI=1S/C14H19F2NOS/c1-14(2,3)19(18)17-11-4-5-12-9(7-11)6-10(15)8-13(12)16/h6,8,11,17H,4-5,7H2,1-3H3/t11?,19-/m1/s1. The summed E-state index contributed by atoms with van der Waals surface area (Å²) in [5, 5.41) is 0. The Hall–Kier alpha value is -0.650. The number of nitrogens with one attached hydrogen (secondary N) is 1. The van der Waals surface area contributed by atoms with Crippen LogP contribution in [-0.2, 0) is 24.2 Å². The molecular weight excluding hydrogens is 268 g/mol. The normalized spacial score (nSPS) is 21.1. The third-order valence-corrected chi connectivity index (χ3v) is 4.95. The van der Waals surface area contributed by atoms with E-state index >= 15 is 0 Å². The van der Waals surface area contributed by atoms with E-state index in [9.17, 15) is 13.3 Å². The minimum absolute atomic E-state index is 0.00811. The molecule has 0 saturated carbocycles. The molecule has 19 heavy (non-hydrogen) atoms. The van der Waals surface area contributed by atoms with Crippen LogP contribution in [0.1, 0.15) is 38.3 Å². The first-order valence-electron chi connectivity index (χ1n) is 6.42. The van der Waals surface area contributed by atoms with Gasteiger partial charge in [-0.05, 0) is 57.2 Å². The van der Waals surface area contributed by atoms with Gasteiger partial charge in [-0.1, -0.05) is 0 Å². The third kappa shape index (κ3) is 3.46. The van der Waals surface area contributed by atoms with Crippen molar-refractivity contribution in [3.8, 4) is 0 Å². The topological polar surface area (TPSA) is 35.1 Å². The molecule has 1 aliphatic carbocycles. The molecule has 0 bridgehead atoms. The van der Waals surface area contributed by atoms with Crippen molar-refractivity contribution in [2.24, 2.45) is 0 Å². The second kappa shape index (κ2) is 5.38. The number of rotatable bonds is 2. The number of benzene rings is 1. The van der Waals surface area contributed by atoms with Crippen molar-refractivity contribution >= 4 is 11.4 Å². The lowest BCUT2D eigenvalue weighted by atomic mass is 9.88. The molecule has 2 atom stereocenters. The molecule has 0 heterocycles. The molecule has 2 nitrogen and oxygen atoms in total. The van der Waals surface area contributed by atoms with E-state index in [2.05, 4.69) is 4.72 Å². The van der Waals surface area contributed by atoms with E-state index in [0.717, 1.165) is 12.5 Å². The fraction of sp³-hybridized carbons (Fsp3) is 0.571. The fourth-order valence-electron chi connectivity index (χ4n) is 2.23. The maximum absolute atomic E-state index is 13.6. The maximum Gasteiger partial charge on any atom is 0.136 e. The summed E-state index contributed by atoms with van der Waals surface area (Å²) < 4.78 is 41.6. The molecule has 5 heteroatoms. The van der Waals surface area contributed by atoms with Gasteiger partial charge in [-0.2, -0.15) is 0 Å². The molecule has 0 saturated heterocycles. The second-order valence-corrected chi connectivity index (χ2v) is 7.96. The SMILES string of the molecule is CC(C)(C)[S@@+]([O-])NC1CCc2c(F)cc(F)cc2C1. The Morgan fingerprint density at radius 1 is 1.32 bits per heavy atom. The summed E-state index contributed by atoms with van der Waals surface area (Å²) in [5.74, 6) is -1.01. The van der Waals surface area contributed by atoms with Crippen molar-refractivity contribution < 1.29 is 13.3 Å². The number of halogens is 2. The predicted molar refractivity (Wildman–Crippen MR) is 73.2 cm³/mol. The molecule has 0 aromatic heterocycles. The van der Waals surface area contributed by atoms with Gasteiger partial charge in [0.1, 0.15) is 16.4 Å². The van der Waals surface area contributed by atoms with Crippen LogP contribution in [-0.4, -0.2) is 15.3 Å². The van der Waals surface area contributed by atoms with Crippen LogP contribution >= 0.6 is 0 Å². The third-order valence-electron chi connectivity index (χ3n) is 3.29. The molecule has 1 aromatic rings. The Kier molecular flexibility index (Phi) is 4.18. The van der Waals surface area contributed by atoms with Gasteiger partial charge < -0.3 is 4.55 Å². The largest absolute Gasteiger partial charge is 0.598 e. The van der Waals surface area contributed by atoms with Gasteiger partial charge in [-0.15, -0.1) is 4.72 Å². The van der Waals surface area contributed by atoms with Crippen molar-refractivity contribution in [1.82, 2.24) is 4.72 Å². The summed E-state index contributed by atoms with van der Waals surface area (Å²) in [7, 11) is 0.